The van der Waals surface area contributed by atoms with Crippen LogP contribution in [0.5, 0.6) is 0 Å². The van der Waals surface area contributed by atoms with Crippen LogP contribution >= 0.6 is 11.3 Å². The number of rotatable bonds is 4. The van der Waals surface area contributed by atoms with Gasteiger partial charge >= 0.3 is 0 Å². The lowest BCUT2D eigenvalue weighted by molar-refractivity contribution is 0.0985. The minimum atomic E-state index is 0.174. The Balaban J connectivity index is 2.07. The Kier molecular flexibility index (Phi) is 4.78. The minimum Gasteiger partial charge on any atom is -0.326 e. The summed E-state index contributed by atoms with van der Waals surface area (Å²) in [6.45, 7) is 4.52. The van der Waals surface area contributed by atoms with Crippen molar-refractivity contribution in [2.24, 2.45) is 5.73 Å². The number of thiophene rings is 1. The predicted molar refractivity (Wildman–Crippen MR) is 79.0 cm³/mol. The van der Waals surface area contributed by atoms with Gasteiger partial charge in [0.05, 0.1) is 6.04 Å². The van der Waals surface area contributed by atoms with Crippen molar-refractivity contribution in [3.8, 4) is 0 Å². The largest absolute Gasteiger partial charge is 0.326 e. The van der Waals surface area contributed by atoms with Gasteiger partial charge in [-0.05, 0) is 58.4 Å². The fourth-order valence-corrected chi connectivity index (χ4v) is 3.91. The van der Waals surface area contributed by atoms with Crippen LogP contribution in [0.15, 0.2) is 17.5 Å². The lowest BCUT2D eigenvalue weighted by Gasteiger charge is -2.40. The monoisotopic (exact) mass is 267 g/mol. The van der Waals surface area contributed by atoms with E-state index in [2.05, 4.69) is 48.3 Å². The van der Waals surface area contributed by atoms with Crippen molar-refractivity contribution >= 4 is 11.3 Å². The van der Waals surface area contributed by atoms with Crippen molar-refractivity contribution in [1.29, 1.82) is 0 Å². The highest BCUT2D eigenvalue weighted by Crippen LogP contribution is 2.30. The van der Waals surface area contributed by atoms with Crippen LogP contribution in [0.25, 0.3) is 0 Å². The van der Waals surface area contributed by atoms with Crippen LogP contribution in [0.4, 0.5) is 0 Å². The van der Waals surface area contributed by atoms with Crippen LogP contribution in [0.3, 0.4) is 0 Å². The summed E-state index contributed by atoms with van der Waals surface area (Å²) in [7, 11) is 4.45. The first-order chi connectivity index (χ1) is 8.59. The van der Waals surface area contributed by atoms with Gasteiger partial charge in [0.2, 0.25) is 0 Å². The third-order valence-electron chi connectivity index (χ3n) is 4.04. The highest BCUT2D eigenvalue weighted by molar-refractivity contribution is 7.10. The highest BCUT2D eigenvalue weighted by Gasteiger charge is 2.29. The van der Waals surface area contributed by atoms with Gasteiger partial charge in [0.15, 0.2) is 0 Å². The van der Waals surface area contributed by atoms with E-state index in [0.29, 0.717) is 12.1 Å². The average molecular weight is 267 g/mol. The fraction of sp³-hybridized carbons (Fsp3) is 0.714. The molecule has 1 aromatic heterocycles. The molecular weight excluding hydrogens is 242 g/mol. The Morgan fingerprint density at radius 2 is 2.11 bits per heavy atom. The molecule has 0 aliphatic carbocycles. The number of hydrogen-bond acceptors (Lipinski definition) is 4. The molecule has 0 bridgehead atoms. The summed E-state index contributed by atoms with van der Waals surface area (Å²) in [4.78, 5) is 6.31. The Morgan fingerprint density at radius 1 is 1.44 bits per heavy atom. The zero-order valence-corrected chi connectivity index (χ0v) is 12.5. The molecule has 1 saturated heterocycles. The highest BCUT2D eigenvalue weighted by atomic mass is 32.1. The van der Waals surface area contributed by atoms with E-state index in [1.807, 2.05) is 11.3 Å². The Labute approximate surface area is 115 Å². The zero-order chi connectivity index (χ0) is 13.1. The molecule has 0 aromatic carbocycles. The van der Waals surface area contributed by atoms with E-state index in [4.69, 9.17) is 5.73 Å². The molecule has 0 radical (unpaired) electrons. The molecule has 2 N–H and O–H groups in total. The SMILES string of the molecule is CC(N)C(c1cccs1)N(C)C1CCN(C)CC1. The van der Waals surface area contributed by atoms with Gasteiger partial charge in [0.25, 0.3) is 0 Å². The molecule has 3 nitrogen and oxygen atoms in total. The molecule has 4 heteroatoms. The van der Waals surface area contributed by atoms with E-state index in [-0.39, 0.29) is 6.04 Å². The summed E-state index contributed by atoms with van der Waals surface area (Å²) in [6.07, 6.45) is 2.50. The second-order valence-electron chi connectivity index (χ2n) is 5.52. The van der Waals surface area contributed by atoms with E-state index in [1.54, 1.807) is 0 Å². The summed E-state index contributed by atoms with van der Waals surface area (Å²) in [5, 5.41) is 2.15. The summed E-state index contributed by atoms with van der Waals surface area (Å²) >= 11 is 1.82. The summed E-state index contributed by atoms with van der Waals surface area (Å²) in [5.41, 5.74) is 6.22. The van der Waals surface area contributed by atoms with Crippen molar-refractivity contribution in [1.82, 2.24) is 9.80 Å². The first kappa shape index (κ1) is 14.0. The molecule has 0 amide bonds. The van der Waals surface area contributed by atoms with Gasteiger partial charge in [0, 0.05) is 17.0 Å². The molecule has 1 fully saturated rings. The molecule has 0 spiro atoms. The van der Waals surface area contributed by atoms with Crippen molar-refractivity contribution in [3.05, 3.63) is 22.4 Å². The van der Waals surface area contributed by atoms with E-state index in [0.717, 1.165) is 0 Å². The zero-order valence-electron chi connectivity index (χ0n) is 11.7. The van der Waals surface area contributed by atoms with Crippen LogP contribution < -0.4 is 5.73 Å². The first-order valence-electron chi connectivity index (χ1n) is 6.79. The summed E-state index contributed by atoms with van der Waals surface area (Å²) in [6, 6.07) is 5.54. The second kappa shape index (κ2) is 6.15. The normalized spacial score (nSPS) is 22.3. The predicted octanol–water partition coefficient (Wildman–Crippen LogP) is 2.16. The average Bonchev–Trinajstić information content (AvgIpc) is 2.83. The maximum absolute atomic E-state index is 6.22. The van der Waals surface area contributed by atoms with E-state index in [9.17, 15) is 0 Å². The molecule has 2 unspecified atom stereocenters. The number of nitrogens with two attached hydrogens (primary N) is 1. The van der Waals surface area contributed by atoms with E-state index >= 15 is 0 Å². The van der Waals surface area contributed by atoms with Crippen molar-refractivity contribution in [2.45, 2.75) is 37.9 Å². The Morgan fingerprint density at radius 3 is 2.61 bits per heavy atom. The molecule has 1 aliphatic heterocycles. The lowest BCUT2D eigenvalue weighted by Crippen LogP contribution is -2.47. The summed E-state index contributed by atoms with van der Waals surface area (Å²) < 4.78 is 0. The van der Waals surface area contributed by atoms with Crippen LogP contribution in [-0.4, -0.2) is 49.1 Å². The topological polar surface area (TPSA) is 32.5 Å². The molecule has 2 heterocycles. The van der Waals surface area contributed by atoms with E-state index in [1.165, 1.54) is 30.8 Å². The van der Waals surface area contributed by atoms with Crippen molar-refractivity contribution in [2.75, 3.05) is 27.2 Å². The molecular formula is C14H25N3S. The number of piperidine rings is 1. The molecule has 1 aliphatic rings. The van der Waals surface area contributed by atoms with Gasteiger partial charge in [-0.3, -0.25) is 4.90 Å². The third-order valence-corrected chi connectivity index (χ3v) is 4.98. The quantitative estimate of drug-likeness (QED) is 0.907. The van der Waals surface area contributed by atoms with Gasteiger partial charge in [0.1, 0.15) is 0 Å². The molecule has 2 atom stereocenters. The number of likely N-dealkylation sites (tertiary alicyclic amines) is 1. The molecule has 1 aromatic rings. The molecule has 0 saturated carbocycles. The van der Waals surface area contributed by atoms with Gasteiger partial charge in [-0.1, -0.05) is 6.07 Å². The maximum atomic E-state index is 6.22. The van der Waals surface area contributed by atoms with Crippen LogP contribution in [0.1, 0.15) is 30.7 Å². The number of nitrogens with zero attached hydrogens (tertiary/aromatic N) is 2. The van der Waals surface area contributed by atoms with Crippen molar-refractivity contribution in [3.63, 3.8) is 0 Å². The van der Waals surface area contributed by atoms with Gasteiger partial charge in [-0.2, -0.15) is 0 Å². The van der Waals surface area contributed by atoms with Gasteiger partial charge in [-0.15, -0.1) is 11.3 Å². The second-order valence-corrected chi connectivity index (χ2v) is 6.50. The number of hydrogen-bond donors (Lipinski definition) is 1. The lowest BCUT2D eigenvalue weighted by atomic mass is 9.99. The van der Waals surface area contributed by atoms with E-state index < -0.39 is 0 Å². The smallest absolute Gasteiger partial charge is 0.0590 e. The fourth-order valence-electron chi connectivity index (χ4n) is 2.92. The van der Waals surface area contributed by atoms with Gasteiger partial charge in [-0.25, -0.2) is 0 Å². The standard InChI is InChI=1S/C14H25N3S/c1-11(15)14(13-5-4-10-18-13)17(3)12-6-8-16(2)9-7-12/h4-5,10-12,14H,6-9,15H2,1-3H3. The minimum absolute atomic E-state index is 0.174. The van der Waals surface area contributed by atoms with Gasteiger partial charge < -0.3 is 10.6 Å². The Hall–Kier alpha value is -0.420. The third kappa shape index (κ3) is 3.12. The number of likely N-dealkylation sites (N-methyl/N-ethyl adjacent to an activating group) is 1. The Bertz CT molecular complexity index is 342. The molecule has 102 valence electrons. The van der Waals surface area contributed by atoms with Crippen LogP contribution in [0, 0.1) is 0 Å². The molecule has 2 rings (SSSR count). The summed E-state index contributed by atoms with van der Waals surface area (Å²) in [5.74, 6) is 0. The first-order valence-corrected chi connectivity index (χ1v) is 7.67. The van der Waals surface area contributed by atoms with Crippen LogP contribution in [0.2, 0.25) is 0 Å². The van der Waals surface area contributed by atoms with Crippen molar-refractivity contribution < 1.29 is 0 Å². The maximum Gasteiger partial charge on any atom is 0.0590 e. The van der Waals surface area contributed by atoms with Crippen LogP contribution in [-0.2, 0) is 0 Å². The molecule has 18 heavy (non-hydrogen) atoms.